The van der Waals surface area contributed by atoms with Crippen molar-refractivity contribution in [3.63, 3.8) is 0 Å². The zero-order valence-electron chi connectivity index (χ0n) is 16.2. The smallest absolute Gasteiger partial charge is 0.232 e. The lowest BCUT2D eigenvalue weighted by atomic mass is 10.2. The van der Waals surface area contributed by atoms with Crippen molar-refractivity contribution < 1.29 is 13.2 Å². The predicted octanol–water partition coefficient (Wildman–Crippen LogP) is 4.95. The van der Waals surface area contributed by atoms with Crippen LogP contribution in [-0.2, 0) is 14.8 Å². The number of para-hydroxylation sites is 1. The molecule has 0 aliphatic carbocycles. The number of anilines is 2. The minimum Gasteiger partial charge on any atom is -0.325 e. The average Bonchev–Trinajstić information content (AvgIpc) is 2.62. The number of sulfonamides is 1. The number of carbonyl (C=O) groups excluding carboxylic acids is 1. The van der Waals surface area contributed by atoms with E-state index >= 15 is 0 Å². The van der Waals surface area contributed by atoms with E-state index in [1.165, 1.54) is 4.31 Å². The van der Waals surface area contributed by atoms with Crippen LogP contribution in [-0.4, -0.2) is 32.9 Å². The molecule has 0 atom stereocenters. The number of carbonyl (C=O) groups is 1. The number of halogens is 1. The SMILES string of the molecule is CCSc1ccccc1NC(=O)CCCN(c1cc(Cl)ccc1C)S(C)(=O)=O. The van der Waals surface area contributed by atoms with Gasteiger partial charge in [-0.2, -0.15) is 0 Å². The standard InChI is InChI=1S/C20H25ClN2O3S2/c1-4-27-19-9-6-5-8-17(19)22-20(24)10-7-13-23(28(3,25)26)18-14-16(21)12-11-15(18)2/h5-6,8-9,11-12,14H,4,7,10,13H2,1-3H3,(H,22,24). The molecule has 1 amide bonds. The van der Waals surface area contributed by atoms with Crippen molar-refractivity contribution in [2.24, 2.45) is 0 Å². The summed E-state index contributed by atoms with van der Waals surface area (Å²) in [6, 6.07) is 12.8. The quantitative estimate of drug-likeness (QED) is 0.560. The molecule has 5 nitrogen and oxygen atoms in total. The molecule has 1 N–H and O–H groups in total. The van der Waals surface area contributed by atoms with Gasteiger partial charge in [0.25, 0.3) is 0 Å². The van der Waals surface area contributed by atoms with E-state index in [0.717, 1.165) is 28.2 Å². The molecule has 0 bridgehead atoms. The Morgan fingerprint density at radius 3 is 2.61 bits per heavy atom. The summed E-state index contributed by atoms with van der Waals surface area (Å²) in [7, 11) is -3.49. The molecule has 2 aromatic rings. The van der Waals surface area contributed by atoms with Crippen molar-refractivity contribution >= 4 is 50.7 Å². The molecule has 2 aromatic carbocycles. The summed E-state index contributed by atoms with van der Waals surface area (Å²) < 4.78 is 25.8. The second kappa shape index (κ2) is 10.2. The largest absolute Gasteiger partial charge is 0.325 e. The zero-order chi connectivity index (χ0) is 20.7. The highest BCUT2D eigenvalue weighted by molar-refractivity contribution is 7.99. The summed E-state index contributed by atoms with van der Waals surface area (Å²) in [4.78, 5) is 13.4. The fraction of sp³-hybridized carbons (Fsp3) is 0.350. The van der Waals surface area contributed by atoms with E-state index in [-0.39, 0.29) is 18.9 Å². The molecule has 0 saturated carbocycles. The number of hydrogen-bond acceptors (Lipinski definition) is 4. The van der Waals surface area contributed by atoms with Crippen LogP contribution in [0.4, 0.5) is 11.4 Å². The van der Waals surface area contributed by atoms with Crippen LogP contribution in [0.15, 0.2) is 47.4 Å². The van der Waals surface area contributed by atoms with Gasteiger partial charge in [0.1, 0.15) is 0 Å². The number of amides is 1. The van der Waals surface area contributed by atoms with Crippen LogP contribution >= 0.6 is 23.4 Å². The van der Waals surface area contributed by atoms with E-state index in [1.807, 2.05) is 31.2 Å². The highest BCUT2D eigenvalue weighted by Crippen LogP contribution is 2.28. The van der Waals surface area contributed by atoms with Crippen LogP contribution in [0.25, 0.3) is 0 Å². The Bertz CT molecular complexity index is 933. The van der Waals surface area contributed by atoms with E-state index in [2.05, 4.69) is 12.2 Å². The lowest BCUT2D eigenvalue weighted by Crippen LogP contribution is -2.32. The summed E-state index contributed by atoms with van der Waals surface area (Å²) >= 11 is 7.70. The first kappa shape index (κ1) is 22.6. The molecule has 8 heteroatoms. The van der Waals surface area contributed by atoms with Crippen LogP contribution in [0.5, 0.6) is 0 Å². The normalized spacial score (nSPS) is 11.3. The van der Waals surface area contributed by atoms with Gasteiger partial charge in [0, 0.05) is 22.9 Å². The Hall–Kier alpha value is -1.70. The summed E-state index contributed by atoms with van der Waals surface area (Å²) in [5.74, 6) is 0.773. The van der Waals surface area contributed by atoms with Crippen molar-refractivity contribution in [1.82, 2.24) is 0 Å². The van der Waals surface area contributed by atoms with Gasteiger partial charge in [-0.05, 0) is 48.9 Å². The predicted molar refractivity (Wildman–Crippen MR) is 119 cm³/mol. The van der Waals surface area contributed by atoms with Gasteiger partial charge in [-0.1, -0.05) is 36.7 Å². The lowest BCUT2D eigenvalue weighted by molar-refractivity contribution is -0.116. The molecule has 0 unspecified atom stereocenters. The minimum absolute atomic E-state index is 0.138. The Morgan fingerprint density at radius 2 is 1.93 bits per heavy atom. The molecule has 152 valence electrons. The third-order valence-electron chi connectivity index (χ3n) is 4.07. The van der Waals surface area contributed by atoms with Crippen LogP contribution in [0.2, 0.25) is 5.02 Å². The topological polar surface area (TPSA) is 66.5 Å². The number of nitrogens with one attached hydrogen (secondary N) is 1. The maximum Gasteiger partial charge on any atom is 0.232 e. The zero-order valence-corrected chi connectivity index (χ0v) is 18.6. The fourth-order valence-electron chi connectivity index (χ4n) is 2.76. The van der Waals surface area contributed by atoms with Gasteiger partial charge < -0.3 is 5.32 Å². The minimum atomic E-state index is -3.49. The number of hydrogen-bond donors (Lipinski definition) is 1. The molecule has 0 aromatic heterocycles. The van der Waals surface area contributed by atoms with E-state index in [1.54, 1.807) is 30.0 Å². The van der Waals surface area contributed by atoms with Crippen LogP contribution in [0.3, 0.4) is 0 Å². The fourth-order valence-corrected chi connectivity index (χ4v) is 4.70. The Balaban J connectivity index is 2.03. The Labute approximate surface area is 176 Å². The monoisotopic (exact) mass is 440 g/mol. The molecular formula is C20H25ClN2O3S2. The average molecular weight is 441 g/mol. The van der Waals surface area contributed by atoms with Gasteiger partial charge >= 0.3 is 0 Å². The lowest BCUT2D eigenvalue weighted by Gasteiger charge is -2.24. The highest BCUT2D eigenvalue weighted by Gasteiger charge is 2.20. The van der Waals surface area contributed by atoms with E-state index < -0.39 is 10.0 Å². The Kier molecular flexibility index (Phi) is 8.22. The molecule has 0 saturated heterocycles. The van der Waals surface area contributed by atoms with Gasteiger partial charge in [0.05, 0.1) is 17.6 Å². The summed E-state index contributed by atoms with van der Waals surface area (Å²) in [5.41, 5.74) is 2.13. The van der Waals surface area contributed by atoms with Crippen LogP contribution in [0.1, 0.15) is 25.3 Å². The van der Waals surface area contributed by atoms with Crippen molar-refractivity contribution in [1.29, 1.82) is 0 Å². The maximum absolute atomic E-state index is 12.3. The molecule has 0 fully saturated rings. The maximum atomic E-state index is 12.3. The van der Waals surface area contributed by atoms with Crippen LogP contribution < -0.4 is 9.62 Å². The first-order valence-electron chi connectivity index (χ1n) is 8.98. The number of nitrogens with zero attached hydrogens (tertiary/aromatic N) is 1. The molecule has 0 aliphatic heterocycles. The molecule has 0 radical (unpaired) electrons. The molecule has 0 aliphatic rings. The third-order valence-corrected chi connectivity index (χ3v) is 6.44. The van der Waals surface area contributed by atoms with Gasteiger partial charge in [-0.15, -0.1) is 11.8 Å². The first-order chi connectivity index (χ1) is 13.2. The first-order valence-corrected chi connectivity index (χ1v) is 12.2. The number of thioether (sulfide) groups is 1. The molecule has 0 heterocycles. The van der Waals surface area contributed by atoms with Crippen LogP contribution in [0, 0.1) is 6.92 Å². The van der Waals surface area contributed by atoms with Gasteiger partial charge in [0.2, 0.25) is 15.9 Å². The number of rotatable bonds is 9. The molecule has 2 rings (SSSR count). The van der Waals surface area contributed by atoms with Gasteiger partial charge in [-0.25, -0.2) is 8.42 Å². The summed E-state index contributed by atoms with van der Waals surface area (Å²) in [5, 5.41) is 3.39. The van der Waals surface area contributed by atoms with Gasteiger partial charge in [-0.3, -0.25) is 9.10 Å². The molecule has 0 spiro atoms. The highest BCUT2D eigenvalue weighted by atomic mass is 35.5. The molecule has 28 heavy (non-hydrogen) atoms. The summed E-state index contributed by atoms with van der Waals surface area (Å²) in [6.45, 7) is 4.10. The number of benzene rings is 2. The van der Waals surface area contributed by atoms with E-state index in [0.29, 0.717) is 17.1 Å². The van der Waals surface area contributed by atoms with E-state index in [4.69, 9.17) is 11.6 Å². The van der Waals surface area contributed by atoms with Crippen molar-refractivity contribution in [3.05, 3.63) is 53.1 Å². The summed E-state index contributed by atoms with van der Waals surface area (Å²) in [6.07, 6.45) is 1.77. The molecular weight excluding hydrogens is 416 g/mol. The van der Waals surface area contributed by atoms with E-state index in [9.17, 15) is 13.2 Å². The number of aryl methyl sites for hydroxylation is 1. The van der Waals surface area contributed by atoms with Gasteiger partial charge in [0.15, 0.2) is 0 Å². The van der Waals surface area contributed by atoms with Crippen molar-refractivity contribution in [3.8, 4) is 0 Å². The van der Waals surface area contributed by atoms with Crippen molar-refractivity contribution in [2.45, 2.75) is 31.6 Å². The Morgan fingerprint density at radius 1 is 1.21 bits per heavy atom. The second-order valence-corrected chi connectivity index (χ2v) is 10.00. The third kappa shape index (κ3) is 6.43. The van der Waals surface area contributed by atoms with Crippen molar-refractivity contribution in [2.75, 3.05) is 28.2 Å². The second-order valence-electron chi connectivity index (χ2n) is 6.35.